The summed E-state index contributed by atoms with van der Waals surface area (Å²) in [6, 6.07) is 2.09. The Morgan fingerprint density at radius 3 is 2.95 bits per heavy atom. The zero-order chi connectivity index (χ0) is 15.0. The van der Waals surface area contributed by atoms with Crippen LogP contribution in [0.2, 0.25) is 0 Å². The zero-order valence-electron chi connectivity index (χ0n) is 12.2. The average Bonchev–Trinajstić information content (AvgIpc) is 2.95. The summed E-state index contributed by atoms with van der Waals surface area (Å²) < 4.78 is 27.6. The van der Waals surface area contributed by atoms with Crippen LogP contribution >= 0.6 is 22.9 Å². The molecule has 0 bridgehead atoms. The molecule has 2 atom stereocenters. The first-order chi connectivity index (χ1) is 10.0. The minimum atomic E-state index is -3.43. The second-order valence-corrected chi connectivity index (χ2v) is 9.04. The molecule has 2 aliphatic heterocycles. The standard InChI is InChI=1S/C14H21ClN2O2S2/c1-11-9-16-6-3-2-4-12(16)10-17(11)21(18,19)14-5-7-20-13(14)8-15/h5,7,11-12H,2-4,6,8-10H2,1H3. The minimum absolute atomic E-state index is 0.0208. The van der Waals surface area contributed by atoms with Crippen molar-refractivity contribution in [3.05, 3.63) is 16.3 Å². The molecule has 118 valence electrons. The molecule has 3 rings (SSSR count). The number of nitrogens with zero attached hydrogens (tertiary/aromatic N) is 2. The molecule has 1 aromatic rings. The maximum atomic E-state index is 13.0. The van der Waals surface area contributed by atoms with Crippen LogP contribution < -0.4 is 0 Å². The predicted octanol–water partition coefficient (Wildman–Crippen LogP) is 2.73. The Bertz CT molecular complexity index is 602. The minimum Gasteiger partial charge on any atom is -0.297 e. The van der Waals surface area contributed by atoms with Gasteiger partial charge >= 0.3 is 0 Å². The number of rotatable bonds is 3. The van der Waals surface area contributed by atoms with E-state index in [4.69, 9.17) is 11.6 Å². The molecular weight excluding hydrogens is 328 g/mol. The van der Waals surface area contributed by atoms with Crippen LogP contribution in [0.25, 0.3) is 0 Å². The molecule has 2 fully saturated rings. The van der Waals surface area contributed by atoms with Crippen molar-refractivity contribution < 1.29 is 8.42 Å². The summed E-state index contributed by atoms with van der Waals surface area (Å²) in [4.78, 5) is 3.60. The van der Waals surface area contributed by atoms with Crippen LogP contribution in [0.3, 0.4) is 0 Å². The molecule has 0 N–H and O–H groups in total. The molecule has 0 aliphatic carbocycles. The number of hydrogen-bond donors (Lipinski definition) is 0. The number of halogens is 1. The van der Waals surface area contributed by atoms with Crippen LogP contribution in [-0.4, -0.2) is 49.3 Å². The molecule has 2 saturated heterocycles. The van der Waals surface area contributed by atoms with E-state index in [0.29, 0.717) is 17.5 Å². The van der Waals surface area contributed by atoms with Crippen molar-refractivity contribution in [2.45, 2.75) is 49.0 Å². The lowest BCUT2D eigenvalue weighted by molar-refractivity contribution is 0.0564. The summed E-state index contributed by atoms with van der Waals surface area (Å²) in [6.45, 7) is 4.56. The van der Waals surface area contributed by atoms with E-state index in [1.165, 1.54) is 24.2 Å². The topological polar surface area (TPSA) is 40.6 Å². The third-order valence-electron chi connectivity index (χ3n) is 4.54. The summed E-state index contributed by atoms with van der Waals surface area (Å²) in [7, 11) is -3.43. The monoisotopic (exact) mass is 348 g/mol. The highest BCUT2D eigenvalue weighted by Crippen LogP contribution is 2.32. The largest absolute Gasteiger partial charge is 0.297 e. The molecule has 2 unspecified atom stereocenters. The van der Waals surface area contributed by atoms with Gasteiger partial charge in [0.1, 0.15) is 0 Å². The number of piperidine rings is 1. The lowest BCUT2D eigenvalue weighted by Gasteiger charge is -2.46. The Labute approximate surface area is 135 Å². The Balaban J connectivity index is 1.88. The van der Waals surface area contributed by atoms with Crippen LogP contribution in [0, 0.1) is 0 Å². The van der Waals surface area contributed by atoms with Gasteiger partial charge in [0.2, 0.25) is 10.0 Å². The molecule has 0 aromatic carbocycles. The molecule has 0 amide bonds. The van der Waals surface area contributed by atoms with Gasteiger partial charge in [-0.25, -0.2) is 8.42 Å². The van der Waals surface area contributed by atoms with Gasteiger partial charge in [0.15, 0.2) is 0 Å². The zero-order valence-corrected chi connectivity index (χ0v) is 14.6. The summed E-state index contributed by atoms with van der Waals surface area (Å²) in [5.74, 6) is 0.254. The number of thiophene rings is 1. The van der Waals surface area contributed by atoms with E-state index in [9.17, 15) is 8.42 Å². The number of alkyl halides is 1. The fourth-order valence-corrected chi connectivity index (χ4v) is 6.78. The van der Waals surface area contributed by atoms with Gasteiger partial charge in [-0.2, -0.15) is 4.31 Å². The first-order valence-corrected chi connectivity index (χ1v) is 10.3. The van der Waals surface area contributed by atoms with Crippen molar-refractivity contribution in [1.29, 1.82) is 0 Å². The first kappa shape index (κ1) is 15.7. The van der Waals surface area contributed by atoms with Crippen molar-refractivity contribution in [1.82, 2.24) is 9.21 Å². The normalized spacial score (nSPS) is 28.5. The van der Waals surface area contributed by atoms with E-state index in [1.54, 1.807) is 10.4 Å². The number of piperazine rings is 1. The Kier molecular flexibility index (Phi) is 4.62. The molecular formula is C14H21ClN2O2S2. The van der Waals surface area contributed by atoms with E-state index in [0.717, 1.165) is 24.4 Å². The fraction of sp³-hybridized carbons (Fsp3) is 0.714. The van der Waals surface area contributed by atoms with E-state index in [1.807, 2.05) is 12.3 Å². The second kappa shape index (κ2) is 6.16. The fourth-order valence-electron chi connectivity index (χ4n) is 3.44. The van der Waals surface area contributed by atoms with Gasteiger partial charge in [-0.05, 0) is 37.8 Å². The van der Waals surface area contributed by atoms with Gasteiger partial charge in [0.05, 0.1) is 10.8 Å². The average molecular weight is 349 g/mol. The van der Waals surface area contributed by atoms with Gasteiger partial charge in [-0.3, -0.25) is 4.90 Å². The van der Waals surface area contributed by atoms with E-state index in [-0.39, 0.29) is 11.9 Å². The van der Waals surface area contributed by atoms with E-state index >= 15 is 0 Å². The predicted molar refractivity (Wildman–Crippen MR) is 86.4 cm³/mol. The van der Waals surface area contributed by atoms with Crippen LogP contribution in [0.5, 0.6) is 0 Å². The summed E-state index contributed by atoms with van der Waals surface area (Å²) in [5, 5.41) is 1.81. The number of fused-ring (bicyclic) bond motifs is 1. The Morgan fingerprint density at radius 1 is 1.38 bits per heavy atom. The van der Waals surface area contributed by atoms with Crippen LogP contribution in [0.15, 0.2) is 16.3 Å². The van der Waals surface area contributed by atoms with E-state index < -0.39 is 10.0 Å². The van der Waals surface area contributed by atoms with Crippen LogP contribution in [0.4, 0.5) is 0 Å². The Morgan fingerprint density at radius 2 is 2.19 bits per heavy atom. The van der Waals surface area contributed by atoms with Gasteiger partial charge in [0.25, 0.3) is 0 Å². The van der Waals surface area contributed by atoms with Crippen LogP contribution in [0.1, 0.15) is 31.1 Å². The lowest BCUT2D eigenvalue weighted by Crippen LogP contribution is -2.59. The first-order valence-electron chi connectivity index (χ1n) is 7.42. The highest BCUT2D eigenvalue weighted by molar-refractivity contribution is 7.89. The third kappa shape index (κ3) is 2.88. The van der Waals surface area contributed by atoms with Crippen molar-refractivity contribution in [3.63, 3.8) is 0 Å². The lowest BCUT2D eigenvalue weighted by atomic mass is 9.99. The Hall–Kier alpha value is -0.140. The third-order valence-corrected chi connectivity index (χ3v) is 8.08. The summed E-state index contributed by atoms with van der Waals surface area (Å²) >= 11 is 7.30. The highest BCUT2D eigenvalue weighted by atomic mass is 35.5. The molecule has 1 aromatic heterocycles. The van der Waals surface area contributed by atoms with Crippen molar-refractivity contribution >= 4 is 33.0 Å². The molecule has 2 aliphatic rings. The molecule has 4 nitrogen and oxygen atoms in total. The van der Waals surface area contributed by atoms with Gasteiger partial charge in [0, 0.05) is 30.1 Å². The maximum absolute atomic E-state index is 13.0. The summed E-state index contributed by atoms with van der Waals surface area (Å²) in [5.41, 5.74) is 0. The van der Waals surface area contributed by atoms with Crippen molar-refractivity contribution in [2.75, 3.05) is 19.6 Å². The van der Waals surface area contributed by atoms with E-state index in [2.05, 4.69) is 4.90 Å². The van der Waals surface area contributed by atoms with Crippen LogP contribution in [-0.2, 0) is 15.9 Å². The summed E-state index contributed by atoms with van der Waals surface area (Å²) in [6.07, 6.45) is 3.54. The van der Waals surface area contributed by atoms with Crippen molar-refractivity contribution in [2.24, 2.45) is 0 Å². The molecule has 7 heteroatoms. The van der Waals surface area contributed by atoms with Crippen molar-refractivity contribution in [3.8, 4) is 0 Å². The molecule has 0 spiro atoms. The van der Waals surface area contributed by atoms with Gasteiger partial charge < -0.3 is 0 Å². The number of hydrogen-bond acceptors (Lipinski definition) is 4. The second-order valence-electron chi connectivity index (χ2n) is 5.91. The maximum Gasteiger partial charge on any atom is 0.244 e. The van der Waals surface area contributed by atoms with Gasteiger partial charge in [-0.1, -0.05) is 6.42 Å². The quantitative estimate of drug-likeness (QED) is 0.789. The highest BCUT2D eigenvalue weighted by Gasteiger charge is 2.40. The molecule has 21 heavy (non-hydrogen) atoms. The number of sulfonamides is 1. The molecule has 0 saturated carbocycles. The molecule has 3 heterocycles. The molecule has 0 radical (unpaired) electrons. The smallest absolute Gasteiger partial charge is 0.244 e. The van der Waals surface area contributed by atoms with Gasteiger partial charge in [-0.15, -0.1) is 22.9 Å². The SMILES string of the molecule is CC1CN2CCCCC2CN1S(=O)(=O)c1ccsc1CCl.